The minimum atomic E-state index is -0.417. The summed E-state index contributed by atoms with van der Waals surface area (Å²) in [5.41, 5.74) is 2.92. The predicted molar refractivity (Wildman–Crippen MR) is 107 cm³/mol. The Kier molecular flexibility index (Phi) is 5.78. The molecule has 2 aromatic carbocycles. The molecule has 6 heteroatoms. The number of hydrogen-bond acceptors (Lipinski definition) is 4. The number of hydrogen-bond donors (Lipinski definition) is 1. The number of aryl methyl sites for hydroxylation is 1. The number of nitrogens with one attached hydrogen (secondary N) is 1. The Morgan fingerprint density at radius 3 is 2.32 bits per heavy atom. The minimum Gasteiger partial charge on any atom is -0.459 e. The number of carbonyl (C=O) groups excluding carboxylic acids is 3. The van der Waals surface area contributed by atoms with Gasteiger partial charge in [-0.25, -0.2) is 4.79 Å². The molecule has 0 aromatic heterocycles. The SMILES string of the molecule is Cc1ccc(N2C[C@@H](C(=O)Nc3ccc(C(=O)OC(C)C)cc3)CC2=O)cc1. The lowest BCUT2D eigenvalue weighted by atomic mass is 10.1. The molecule has 1 N–H and O–H groups in total. The van der Waals surface area contributed by atoms with E-state index >= 15 is 0 Å². The predicted octanol–water partition coefficient (Wildman–Crippen LogP) is 3.55. The van der Waals surface area contributed by atoms with Crippen LogP contribution in [0.15, 0.2) is 48.5 Å². The molecule has 3 rings (SSSR count). The molecule has 0 spiro atoms. The summed E-state index contributed by atoms with van der Waals surface area (Å²) in [7, 11) is 0. The van der Waals surface area contributed by atoms with Crippen molar-refractivity contribution < 1.29 is 19.1 Å². The van der Waals surface area contributed by atoms with E-state index in [2.05, 4.69) is 5.32 Å². The first-order chi connectivity index (χ1) is 13.3. The first-order valence-corrected chi connectivity index (χ1v) is 9.32. The van der Waals surface area contributed by atoms with E-state index < -0.39 is 11.9 Å². The minimum absolute atomic E-state index is 0.0595. The Hall–Kier alpha value is -3.15. The summed E-state index contributed by atoms with van der Waals surface area (Å²) in [6.45, 7) is 5.91. The zero-order valence-electron chi connectivity index (χ0n) is 16.3. The van der Waals surface area contributed by atoms with Gasteiger partial charge in [-0.15, -0.1) is 0 Å². The van der Waals surface area contributed by atoms with Crippen molar-refractivity contribution >= 4 is 29.2 Å². The van der Waals surface area contributed by atoms with Gasteiger partial charge in [0.2, 0.25) is 11.8 Å². The van der Waals surface area contributed by atoms with E-state index in [4.69, 9.17) is 4.74 Å². The number of anilines is 2. The number of rotatable bonds is 5. The number of amides is 2. The quantitative estimate of drug-likeness (QED) is 0.805. The van der Waals surface area contributed by atoms with Gasteiger partial charge < -0.3 is 15.0 Å². The van der Waals surface area contributed by atoms with Crippen molar-refractivity contribution in [1.82, 2.24) is 0 Å². The summed E-state index contributed by atoms with van der Waals surface area (Å²) in [5, 5.41) is 2.82. The van der Waals surface area contributed by atoms with E-state index in [1.807, 2.05) is 31.2 Å². The van der Waals surface area contributed by atoms with Gasteiger partial charge >= 0.3 is 5.97 Å². The third kappa shape index (κ3) is 4.57. The molecule has 1 saturated heterocycles. The van der Waals surface area contributed by atoms with Gasteiger partial charge in [-0.1, -0.05) is 17.7 Å². The zero-order valence-corrected chi connectivity index (χ0v) is 16.3. The second-order valence-corrected chi connectivity index (χ2v) is 7.26. The maximum atomic E-state index is 12.6. The van der Waals surface area contributed by atoms with Gasteiger partial charge in [0.25, 0.3) is 0 Å². The highest BCUT2D eigenvalue weighted by atomic mass is 16.5. The van der Waals surface area contributed by atoms with Crippen LogP contribution in [0.3, 0.4) is 0 Å². The molecule has 0 bridgehead atoms. The van der Waals surface area contributed by atoms with Crippen LogP contribution in [0.1, 0.15) is 36.2 Å². The van der Waals surface area contributed by atoms with Gasteiger partial charge in [0, 0.05) is 24.3 Å². The Balaban J connectivity index is 1.61. The van der Waals surface area contributed by atoms with Crippen LogP contribution < -0.4 is 10.2 Å². The molecule has 0 unspecified atom stereocenters. The van der Waals surface area contributed by atoms with Crippen molar-refractivity contribution in [3.63, 3.8) is 0 Å². The molecule has 6 nitrogen and oxygen atoms in total. The molecule has 1 aliphatic rings. The van der Waals surface area contributed by atoms with Crippen molar-refractivity contribution in [2.75, 3.05) is 16.8 Å². The number of carbonyl (C=O) groups is 3. The van der Waals surface area contributed by atoms with Crippen LogP contribution in [0.5, 0.6) is 0 Å². The van der Waals surface area contributed by atoms with Crippen LogP contribution in [-0.4, -0.2) is 30.4 Å². The lowest BCUT2D eigenvalue weighted by molar-refractivity contribution is -0.122. The van der Waals surface area contributed by atoms with Crippen LogP contribution in [0.4, 0.5) is 11.4 Å². The van der Waals surface area contributed by atoms with Crippen LogP contribution in [0, 0.1) is 12.8 Å². The summed E-state index contributed by atoms with van der Waals surface area (Å²) in [5.74, 6) is -1.08. The van der Waals surface area contributed by atoms with E-state index in [1.165, 1.54) is 0 Å². The Bertz CT molecular complexity index is 872. The molecule has 2 amide bonds. The molecule has 1 heterocycles. The van der Waals surface area contributed by atoms with E-state index in [9.17, 15) is 14.4 Å². The third-order valence-corrected chi connectivity index (χ3v) is 4.57. The lowest BCUT2D eigenvalue weighted by Crippen LogP contribution is -2.28. The fourth-order valence-corrected chi connectivity index (χ4v) is 3.07. The molecule has 0 radical (unpaired) electrons. The molecular weight excluding hydrogens is 356 g/mol. The summed E-state index contributed by atoms with van der Waals surface area (Å²) < 4.78 is 5.14. The highest BCUT2D eigenvalue weighted by molar-refractivity contribution is 6.03. The van der Waals surface area contributed by atoms with Crippen LogP contribution >= 0.6 is 0 Å². The van der Waals surface area contributed by atoms with Crippen molar-refractivity contribution in [3.8, 4) is 0 Å². The van der Waals surface area contributed by atoms with Crippen molar-refractivity contribution in [1.29, 1.82) is 0 Å². The molecular formula is C22H24N2O4. The Morgan fingerprint density at radius 2 is 1.71 bits per heavy atom. The van der Waals surface area contributed by atoms with E-state index in [-0.39, 0.29) is 24.3 Å². The van der Waals surface area contributed by atoms with Crippen LogP contribution in [-0.2, 0) is 14.3 Å². The van der Waals surface area contributed by atoms with Crippen molar-refractivity contribution in [2.45, 2.75) is 33.3 Å². The molecule has 1 aliphatic heterocycles. The first kappa shape index (κ1) is 19.6. The maximum absolute atomic E-state index is 12.6. The van der Waals surface area contributed by atoms with Gasteiger partial charge in [0.15, 0.2) is 0 Å². The fourth-order valence-electron chi connectivity index (χ4n) is 3.07. The molecule has 0 aliphatic carbocycles. The highest BCUT2D eigenvalue weighted by Crippen LogP contribution is 2.26. The molecule has 1 fully saturated rings. The topological polar surface area (TPSA) is 75.7 Å². The molecule has 0 saturated carbocycles. The maximum Gasteiger partial charge on any atom is 0.338 e. The van der Waals surface area contributed by atoms with Crippen molar-refractivity contribution in [3.05, 3.63) is 59.7 Å². The molecule has 28 heavy (non-hydrogen) atoms. The third-order valence-electron chi connectivity index (χ3n) is 4.57. The molecule has 1 atom stereocenters. The summed E-state index contributed by atoms with van der Waals surface area (Å²) in [6, 6.07) is 14.2. The summed E-state index contributed by atoms with van der Waals surface area (Å²) >= 11 is 0. The van der Waals surface area contributed by atoms with Crippen LogP contribution in [0.25, 0.3) is 0 Å². The molecule has 146 valence electrons. The second kappa shape index (κ2) is 8.25. The Morgan fingerprint density at radius 1 is 1.07 bits per heavy atom. The monoisotopic (exact) mass is 380 g/mol. The normalized spacial score (nSPS) is 16.4. The van der Waals surface area contributed by atoms with Crippen LogP contribution in [0.2, 0.25) is 0 Å². The smallest absolute Gasteiger partial charge is 0.338 e. The first-order valence-electron chi connectivity index (χ1n) is 9.32. The standard InChI is InChI=1S/C22H24N2O4/c1-14(2)28-22(27)16-6-8-18(9-7-16)23-21(26)17-12-20(25)24(13-17)19-10-4-15(3)5-11-19/h4-11,14,17H,12-13H2,1-3H3,(H,23,26)/t17-/m0/s1. The van der Waals surface area contributed by atoms with Gasteiger partial charge in [-0.05, 0) is 57.2 Å². The average molecular weight is 380 g/mol. The van der Waals surface area contributed by atoms with E-state index in [1.54, 1.807) is 43.0 Å². The Labute approximate surface area is 164 Å². The largest absolute Gasteiger partial charge is 0.459 e. The van der Waals surface area contributed by atoms with Gasteiger partial charge in [0.05, 0.1) is 17.6 Å². The highest BCUT2D eigenvalue weighted by Gasteiger charge is 2.35. The summed E-state index contributed by atoms with van der Waals surface area (Å²) in [6.07, 6.45) is -0.0124. The number of esters is 1. The molecule has 2 aromatic rings. The number of ether oxygens (including phenoxy) is 1. The van der Waals surface area contributed by atoms with Gasteiger partial charge in [0.1, 0.15) is 0 Å². The van der Waals surface area contributed by atoms with Gasteiger partial charge in [-0.2, -0.15) is 0 Å². The lowest BCUT2D eigenvalue weighted by Gasteiger charge is -2.17. The van der Waals surface area contributed by atoms with Gasteiger partial charge in [-0.3, -0.25) is 9.59 Å². The average Bonchev–Trinajstić information content (AvgIpc) is 3.04. The van der Waals surface area contributed by atoms with E-state index in [0.29, 0.717) is 17.8 Å². The van der Waals surface area contributed by atoms with E-state index in [0.717, 1.165) is 11.3 Å². The number of benzene rings is 2. The fraction of sp³-hybridized carbons (Fsp3) is 0.318. The zero-order chi connectivity index (χ0) is 20.3. The van der Waals surface area contributed by atoms with Crippen molar-refractivity contribution in [2.24, 2.45) is 5.92 Å². The second-order valence-electron chi connectivity index (χ2n) is 7.26. The number of nitrogens with zero attached hydrogens (tertiary/aromatic N) is 1. The summed E-state index contributed by atoms with van der Waals surface area (Å²) in [4.78, 5) is 38.4.